The van der Waals surface area contributed by atoms with Gasteiger partial charge in [-0.2, -0.15) is 9.30 Å². The number of hydrogen-bond donors (Lipinski definition) is 0. The normalized spacial score (nSPS) is 18.1. The molecule has 1 saturated heterocycles. The summed E-state index contributed by atoms with van der Waals surface area (Å²) in [5.41, 5.74) is 2.02. The molecule has 0 bridgehead atoms. The van der Waals surface area contributed by atoms with E-state index < -0.39 is 15.9 Å². The molecule has 1 aliphatic heterocycles. The number of aromatic nitrogens is 1. The fourth-order valence-corrected chi connectivity index (χ4v) is 6.61. The van der Waals surface area contributed by atoms with Gasteiger partial charge < -0.3 is 9.30 Å². The number of benzene rings is 2. The Morgan fingerprint density at radius 2 is 1.94 bits per heavy atom. The molecule has 0 aliphatic carbocycles. The van der Waals surface area contributed by atoms with Crippen molar-refractivity contribution < 1.29 is 17.9 Å². The van der Waals surface area contributed by atoms with Gasteiger partial charge >= 0.3 is 0 Å². The van der Waals surface area contributed by atoms with E-state index >= 15 is 0 Å². The van der Waals surface area contributed by atoms with Crippen molar-refractivity contribution in [2.75, 3.05) is 26.3 Å². The van der Waals surface area contributed by atoms with Crippen molar-refractivity contribution in [3.8, 4) is 0 Å². The van der Waals surface area contributed by atoms with Crippen LogP contribution in [0.15, 0.2) is 58.4 Å². The molecule has 33 heavy (non-hydrogen) atoms. The second-order valence-electron chi connectivity index (χ2n) is 8.17. The Kier molecular flexibility index (Phi) is 7.43. The van der Waals surface area contributed by atoms with E-state index in [9.17, 15) is 13.2 Å². The predicted molar refractivity (Wildman–Crippen MR) is 130 cm³/mol. The van der Waals surface area contributed by atoms with Crippen LogP contribution in [0.1, 0.15) is 25.3 Å². The Balaban J connectivity index is 1.59. The summed E-state index contributed by atoms with van der Waals surface area (Å²) in [6.45, 7) is 6.20. The number of nitrogens with zero attached hydrogens (tertiary/aromatic N) is 3. The maximum Gasteiger partial charge on any atom is 0.252 e. The van der Waals surface area contributed by atoms with Gasteiger partial charge in [0.15, 0.2) is 4.80 Å². The van der Waals surface area contributed by atoms with Crippen molar-refractivity contribution in [3.63, 3.8) is 0 Å². The highest BCUT2D eigenvalue weighted by molar-refractivity contribution is 7.89. The van der Waals surface area contributed by atoms with Gasteiger partial charge in [0.05, 0.1) is 27.6 Å². The summed E-state index contributed by atoms with van der Waals surface area (Å²) < 4.78 is 36.2. The van der Waals surface area contributed by atoms with Crippen LogP contribution in [0.2, 0.25) is 0 Å². The van der Waals surface area contributed by atoms with E-state index in [1.807, 2.05) is 42.7 Å². The zero-order valence-corrected chi connectivity index (χ0v) is 20.6. The van der Waals surface area contributed by atoms with E-state index in [4.69, 9.17) is 4.74 Å². The van der Waals surface area contributed by atoms with Crippen LogP contribution in [-0.4, -0.2) is 49.5 Å². The van der Waals surface area contributed by atoms with Crippen molar-refractivity contribution in [2.24, 2.45) is 10.9 Å². The standard InChI is InChI=1S/C24H29N3O4S2/c1-3-31-16-15-27-21-8-4-5-9-22(21)32-24(27)25-23(28)19-7-6-14-26(17-19)33(29,30)20-12-10-18(2)11-13-20/h4-5,8-13,19H,3,6-7,14-17H2,1-2H3. The van der Waals surface area contributed by atoms with Crippen molar-refractivity contribution >= 4 is 37.5 Å². The minimum atomic E-state index is -3.64. The summed E-state index contributed by atoms with van der Waals surface area (Å²) in [6, 6.07) is 14.8. The molecule has 4 rings (SSSR count). The summed E-state index contributed by atoms with van der Waals surface area (Å²) in [7, 11) is -3.64. The molecule has 3 aromatic rings. The number of sulfonamides is 1. The fourth-order valence-electron chi connectivity index (χ4n) is 4.03. The Bertz CT molecular complexity index is 1290. The lowest BCUT2D eigenvalue weighted by Crippen LogP contribution is -2.42. The first-order chi connectivity index (χ1) is 15.9. The summed E-state index contributed by atoms with van der Waals surface area (Å²) in [5.74, 6) is -0.722. The molecule has 0 spiro atoms. The van der Waals surface area contributed by atoms with Crippen LogP contribution in [0.5, 0.6) is 0 Å². The smallest absolute Gasteiger partial charge is 0.252 e. The van der Waals surface area contributed by atoms with Crippen LogP contribution in [-0.2, 0) is 26.1 Å². The number of fused-ring (bicyclic) bond motifs is 1. The summed E-state index contributed by atoms with van der Waals surface area (Å²) >= 11 is 1.47. The lowest BCUT2D eigenvalue weighted by molar-refractivity contribution is -0.122. The van der Waals surface area contributed by atoms with Crippen LogP contribution in [0.25, 0.3) is 10.2 Å². The number of hydrogen-bond acceptors (Lipinski definition) is 5. The van der Waals surface area contributed by atoms with Gasteiger partial charge in [-0.25, -0.2) is 8.42 Å². The molecule has 1 amide bonds. The Morgan fingerprint density at radius 3 is 2.70 bits per heavy atom. The average molecular weight is 488 g/mol. The molecule has 0 N–H and O–H groups in total. The van der Waals surface area contributed by atoms with Crippen LogP contribution >= 0.6 is 11.3 Å². The molecule has 9 heteroatoms. The number of piperidine rings is 1. The molecule has 1 atom stereocenters. The second kappa shape index (κ2) is 10.3. The minimum absolute atomic E-state index is 0.155. The van der Waals surface area contributed by atoms with Crippen LogP contribution in [0, 0.1) is 12.8 Å². The highest BCUT2D eigenvalue weighted by Crippen LogP contribution is 2.25. The number of para-hydroxylation sites is 1. The largest absolute Gasteiger partial charge is 0.380 e. The third-order valence-electron chi connectivity index (χ3n) is 5.85. The van der Waals surface area contributed by atoms with Gasteiger partial charge in [-0.15, -0.1) is 0 Å². The zero-order chi connectivity index (χ0) is 23.4. The number of aryl methyl sites for hydroxylation is 1. The van der Waals surface area contributed by atoms with Gasteiger partial charge in [0, 0.05) is 26.2 Å². The molecule has 7 nitrogen and oxygen atoms in total. The molecule has 1 aromatic heterocycles. The van der Waals surface area contributed by atoms with E-state index in [-0.39, 0.29) is 17.3 Å². The SMILES string of the molecule is CCOCCn1c(=NC(=O)C2CCCN(S(=O)(=O)c3ccc(C)cc3)C2)sc2ccccc21. The number of rotatable bonds is 7. The molecular weight excluding hydrogens is 458 g/mol. The molecule has 1 unspecified atom stereocenters. The van der Waals surface area contributed by atoms with Crippen molar-refractivity contribution in [2.45, 2.75) is 38.1 Å². The number of thiazole rings is 1. The minimum Gasteiger partial charge on any atom is -0.380 e. The van der Waals surface area contributed by atoms with E-state index in [0.717, 1.165) is 15.8 Å². The number of carbonyl (C=O) groups is 1. The highest BCUT2D eigenvalue weighted by Gasteiger charge is 2.33. The monoisotopic (exact) mass is 487 g/mol. The van der Waals surface area contributed by atoms with Crippen LogP contribution < -0.4 is 4.80 Å². The Morgan fingerprint density at radius 1 is 1.18 bits per heavy atom. The Labute approximate surface area is 198 Å². The number of amides is 1. The molecular formula is C24H29N3O4S2. The third-order valence-corrected chi connectivity index (χ3v) is 8.79. The maximum atomic E-state index is 13.2. The van der Waals surface area contributed by atoms with E-state index in [0.29, 0.717) is 43.9 Å². The summed E-state index contributed by atoms with van der Waals surface area (Å²) in [6.07, 6.45) is 1.26. The highest BCUT2D eigenvalue weighted by atomic mass is 32.2. The zero-order valence-electron chi connectivity index (χ0n) is 18.9. The van der Waals surface area contributed by atoms with Crippen LogP contribution in [0.3, 0.4) is 0 Å². The van der Waals surface area contributed by atoms with Gasteiger partial charge in [-0.3, -0.25) is 4.79 Å². The molecule has 0 radical (unpaired) electrons. The van der Waals surface area contributed by atoms with E-state index in [1.165, 1.54) is 15.6 Å². The van der Waals surface area contributed by atoms with Gasteiger partial charge in [0.2, 0.25) is 10.0 Å². The molecule has 1 aliphatic rings. The fraction of sp³-hybridized carbons (Fsp3) is 0.417. The Hall–Kier alpha value is -2.33. The first kappa shape index (κ1) is 23.8. The molecule has 1 fully saturated rings. The van der Waals surface area contributed by atoms with Gasteiger partial charge in [-0.1, -0.05) is 41.2 Å². The van der Waals surface area contributed by atoms with E-state index in [1.54, 1.807) is 24.3 Å². The summed E-state index contributed by atoms with van der Waals surface area (Å²) in [5, 5.41) is 0. The van der Waals surface area contributed by atoms with Gasteiger partial charge in [0.1, 0.15) is 0 Å². The molecule has 2 aromatic carbocycles. The second-order valence-corrected chi connectivity index (χ2v) is 11.1. The topological polar surface area (TPSA) is 81.0 Å². The van der Waals surface area contributed by atoms with Crippen molar-refractivity contribution in [1.29, 1.82) is 0 Å². The number of carbonyl (C=O) groups excluding carboxylic acids is 1. The van der Waals surface area contributed by atoms with Crippen LogP contribution in [0.4, 0.5) is 0 Å². The van der Waals surface area contributed by atoms with Crippen molar-refractivity contribution in [3.05, 3.63) is 58.9 Å². The number of ether oxygens (including phenoxy) is 1. The maximum absolute atomic E-state index is 13.2. The first-order valence-electron chi connectivity index (χ1n) is 11.2. The molecule has 176 valence electrons. The average Bonchev–Trinajstić information content (AvgIpc) is 3.16. The van der Waals surface area contributed by atoms with Gasteiger partial charge in [0.25, 0.3) is 5.91 Å². The van der Waals surface area contributed by atoms with Crippen molar-refractivity contribution in [1.82, 2.24) is 8.87 Å². The predicted octanol–water partition coefficient (Wildman–Crippen LogP) is 3.58. The molecule has 2 heterocycles. The summed E-state index contributed by atoms with van der Waals surface area (Å²) in [4.78, 5) is 18.5. The lowest BCUT2D eigenvalue weighted by atomic mass is 9.99. The lowest BCUT2D eigenvalue weighted by Gasteiger charge is -2.30. The third kappa shape index (κ3) is 5.27. The first-order valence-corrected chi connectivity index (χ1v) is 13.5. The molecule has 0 saturated carbocycles. The van der Waals surface area contributed by atoms with E-state index in [2.05, 4.69) is 4.99 Å². The quantitative estimate of drug-likeness (QED) is 0.477. The van der Waals surface area contributed by atoms with Gasteiger partial charge in [-0.05, 0) is 51.0 Å².